The molecule has 1 heterocycles. The third-order valence-corrected chi connectivity index (χ3v) is 3.87. The van der Waals surface area contributed by atoms with Gasteiger partial charge in [0.1, 0.15) is 5.52 Å². The second-order valence-electron chi connectivity index (χ2n) is 4.31. The summed E-state index contributed by atoms with van der Waals surface area (Å²) in [6.07, 6.45) is 0. The molecule has 0 radical (unpaired) electrons. The normalized spacial score (nSPS) is 11.8. The van der Waals surface area contributed by atoms with Crippen molar-refractivity contribution in [1.82, 2.24) is 9.71 Å². The van der Waals surface area contributed by atoms with E-state index in [4.69, 9.17) is 5.14 Å². The van der Waals surface area contributed by atoms with E-state index < -0.39 is 10.0 Å². The first-order valence-electron chi connectivity index (χ1n) is 5.77. The van der Waals surface area contributed by atoms with Crippen molar-refractivity contribution in [1.29, 1.82) is 0 Å². The minimum absolute atomic E-state index is 0.0696. The zero-order valence-corrected chi connectivity index (χ0v) is 11.1. The number of nitrogens with two attached hydrogens (primary N) is 1. The van der Waals surface area contributed by atoms with Crippen LogP contribution in [0.25, 0.3) is 22.4 Å². The van der Waals surface area contributed by atoms with Gasteiger partial charge in [-0.25, -0.2) is 18.5 Å². The summed E-state index contributed by atoms with van der Waals surface area (Å²) in [5.74, 6) is 0.340. The summed E-state index contributed by atoms with van der Waals surface area (Å²) in [5, 5.41) is 15.2. The predicted octanol–water partition coefficient (Wildman–Crippen LogP) is 1.59. The average Bonchev–Trinajstić information content (AvgIpc) is 2.76. The fraction of sp³-hybridized carbons (Fsp3) is 0. The quantitative estimate of drug-likeness (QED) is 0.700. The predicted molar refractivity (Wildman–Crippen MR) is 73.7 cm³/mol. The fourth-order valence-corrected chi connectivity index (χ4v) is 2.53. The van der Waals surface area contributed by atoms with Gasteiger partial charge in [-0.1, -0.05) is 30.3 Å². The molecule has 0 bridgehead atoms. The molecule has 0 saturated carbocycles. The van der Waals surface area contributed by atoms with Crippen LogP contribution in [0.5, 0.6) is 0 Å². The highest BCUT2D eigenvalue weighted by Crippen LogP contribution is 2.24. The lowest BCUT2D eigenvalue weighted by Crippen LogP contribution is -2.12. The molecular formula is C13H11N3O3S. The van der Waals surface area contributed by atoms with Gasteiger partial charge in [-0.3, -0.25) is 0 Å². The van der Waals surface area contributed by atoms with Crippen LogP contribution in [0.1, 0.15) is 0 Å². The summed E-state index contributed by atoms with van der Waals surface area (Å²) in [6.45, 7) is 0. The molecule has 0 unspecified atom stereocenters. The topological polar surface area (TPSA) is 98.2 Å². The highest BCUT2D eigenvalue weighted by atomic mass is 32.2. The van der Waals surface area contributed by atoms with E-state index in [1.165, 1.54) is 18.2 Å². The molecule has 6 nitrogen and oxygen atoms in total. The van der Waals surface area contributed by atoms with Crippen LogP contribution in [0.4, 0.5) is 0 Å². The minimum Gasteiger partial charge on any atom is -0.426 e. The van der Waals surface area contributed by atoms with Gasteiger partial charge in [0, 0.05) is 5.56 Å². The molecule has 0 aliphatic rings. The molecule has 0 saturated heterocycles. The van der Waals surface area contributed by atoms with Crippen molar-refractivity contribution in [2.24, 2.45) is 5.14 Å². The summed E-state index contributed by atoms with van der Waals surface area (Å²) in [7, 11) is -3.82. The molecule has 2 aromatic carbocycles. The van der Waals surface area contributed by atoms with Crippen LogP contribution in [0.15, 0.2) is 53.4 Å². The van der Waals surface area contributed by atoms with Crippen LogP contribution in [-0.2, 0) is 10.0 Å². The van der Waals surface area contributed by atoms with Crippen LogP contribution in [-0.4, -0.2) is 23.3 Å². The summed E-state index contributed by atoms with van der Waals surface area (Å²) >= 11 is 0. The van der Waals surface area contributed by atoms with Crippen molar-refractivity contribution in [2.75, 3.05) is 0 Å². The van der Waals surface area contributed by atoms with Crippen molar-refractivity contribution >= 4 is 21.1 Å². The first-order valence-corrected chi connectivity index (χ1v) is 7.31. The number of nitrogens with zero attached hydrogens (tertiary/aromatic N) is 2. The van der Waals surface area contributed by atoms with Crippen molar-refractivity contribution in [3.05, 3.63) is 48.5 Å². The number of fused-ring (bicyclic) bond motifs is 1. The lowest BCUT2D eigenvalue weighted by Gasteiger charge is -2.01. The van der Waals surface area contributed by atoms with Crippen molar-refractivity contribution < 1.29 is 13.6 Å². The van der Waals surface area contributed by atoms with Gasteiger partial charge < -0.3 is 5.21 Å². The maximum Gasteiger partial charge on any atom is 0.238 e. The van der Waals surface area contributed by atoms with E-state index in [1.54, 1.807) is 12.1 Å². The van der Waals surface area contributed by atoms with E-state index in [0.29, 0.717) is 11.3 Å². The largest absolute Gasteiger partial charge is 0.426 e. The Morgan fingerprint density at radius 1 is 1.10 bits per heavy atom. The Bertz CT molecular complexity index is 886. The first-order chi connectivity index (χ1) is 9.47. The van der Waals surface area contributed by atoms with Gasteiger partial charge in [0.15, 0.2) is 5.82 Å². The Morgan fingerprint density at radius 3 is 2.45 bits per heavy atom. The number of benzene rings is 2. The zero-order valence-electron chi connectivity index (χ0n) is 10.3. The monoisotopic (exact) mass is 289 g/mol. The molecule has 1 aromatic heterocycles. The Kier molecular flexibility index (Phi) is 2.73. The van der Waals surface area contributed by atoms with Crippen LogP contribution < -0.4 is 5.14 Å². The molecule has 3 rings (SSSR count). The first kappa shape index (κ1) is 12.6. The summed E-state index contributed by atoms with van der Waals surface area (Å²) in [5.41, 5.74) is 1.50. The third kappa shape index (κ3) is 2.02. The number of hydrogen-bond acceptors (Lipinski definition) is 4. The van der Waals surface area contributed by atoms with E-state index in [9.17, 15) is 13.6 Å². The third-order valence-electron chi connectivity index (χ3n) is 2.96. The average molecular weight is 289 g/mol. The van der Waals surface area contributed by atoms with Crippen LogP contribution in [0.2, 0.25) is 0 Å². The SMILES string of the molecule is NS(=O)(=O)c1ccc2nc(-c3ccccc3)n(O)c2c1. The molecule has 102 valence electrons. The van der Waals surface area contributed by atoms with Gasteiger partial charge >= 0.3 is 0 Å². The van der Waals surface area contributed by atoms with Gasteiger partial charge in [0.2, 0.25) is 10.0 Å². The van der Waals surface area contributed by atoms with Crippen molar-refractivity contribution in [3.63, 3.8) is 0 Å². The lowest BCUT2D eigenvalue weighted by atomic mass is 10.2. The molecule has 0 aliphatic heterocycles. The lowest BCUT2D eigenvalue weighted by molar-refractivity contribution is 0.203. The maximum atomic E-state index is 11.3. The smallest absolute Gasteiger partial charge is 0.238 e. The number of hydrogen-bond donors (Lipinski definition) is 2. The molecule has 7 heteroatoms. The Labute approximate surface area is 115 Å². The van der Waals surface area contributed by atoms with Crippen molar-refractivity contribution in [3.8, 4) is 11.4 Å². The summed E-state index contributed by atoms with van der Waals surface area (Å²) in [6, 6.07) is 13.3. The highest BCUT2D eigenvalue weighted by Gasteiger charge is 2.15. The van der Waals surface area contributed by atoms with Gasteiger partial charge in [-0.05, 0) is 18.2 Å². The van der Waals surface area contributed by atoms with E-state index in [0.717, 1.165) is 10.3 Å². The summed E-state index contributed by atoms with van der Waals surface area (Å²) in [4.78, 5) is 4.21. The molecule has 0 amide bonds. The Morgan fingerprint density at radius 2 is 1.80 bits per heavy atom. The van der Waals surface area contributed by atoms with Crippen LogP contribution >= 0.6 is 0 Å². The standard InChI is InChI=1S/C13H11N3O3S/c14-20(18,19)10-6-7-11-12(8-10)16(17)13(15-11)9-4-2-1-3-5-9/h1-8,17H,(H2,14,18,19). The number of rotatable bonds is 2. The minimum atomic E-state index is -3.82. The molecule has 3 N–H and O–H groups in total. The summed E-state index contributed by atoms with van der Waals surface area (Å²) < 4.78 is 23.5. The van der Waals surface area contributed by atoms with Crippen molar-refractivity contribution in [2.45, 2.75) is 4.90 Å². The molecule has 3 aromatic rings. The molecule has 0 spiro atoms. The molecule has 0 atom stereocenters. The molecule has 0 fully saturated rings. The highest BCUT2D eigenvalue weighted by molar-refractivity contribution is 7.89. The van der Waals surface area contributed by atoms with E-state index in [2.05, 4.69) is 4.98 Å². The van der Waals surface area contributed by atoms with Crippen LogP contribution in [0, 0.1) is 0 Å². The van der Waals surface area contributed by atoms with Gasteiger partial charge in [-0.15, -0.1) is 0 Å². The number of aromatic nitrogens is 2. The van der Waals surface area contributed by atoms with E-state index >= 15 is 0 Å². The molecular weight excluding hydrogens is 278 g/mol. The zero-order chi connectivity index (χ0) is 14.3. The number of imidazole rings is 1. The molecule has 0 aliphatic carbocycles. The second kappa shape index (κ2) is 4.32. The van der Waals surface area contributed by atoms with Gasteiger partial charge in [0.25, 0.3) is 0 Å². The number of sulfonamides is 1. The number of primary sulfonamides is 1. The molecule has 20 heavy (non-hydrogen) atoms. The second-order valence-corrected chi connectivity index (χ2v) is 5.87. The Hall–Kier alpha value is -2.38. The van der Waals surface area contributed by atoms with E-state index in [1.807, 2.05) is 18.2 Å². The fourth-order valence-electron chi connectivity index (χ4n) is 1.99. The van der Waals surface area contributed by atoms with Crippen LogP contribution in [0.3, 0.4) is 0 Å². The van der Waals surface area contributed by atoms with E-state index in [-0.39, 0.29) is 10.4 Å². The van der Waals surface area contributed by atoms with Gasteiger partial charge in [0.05, 0.1) is 10.4 Å². The van der Waals surface area contributed by atoms with Gasteiger partial charge in [-0.2, -0.15) is 4.73 Å². The Balaban J connectivity index is 2.26. The maximum absolute atomic E-state index is 11.3.